The molecule has 3 heteroatoms. The van der Waals surface area contributed by atoms with Crippen LogP contribution >= 0.6 is 0 Å². The van der Waals surface area contributed by atoms with Crippen LogP contribution < -0.4 is 24.8 Å². The molecule has 0 amide bonds. The second-order valence-corrected chi connectivity index (χ2v) is 5.41. The van der Waals surface area contributed by atoms with E-state index in [4.69, 9.17) is 0 Å². The molecule has 0 nitrogen and oxygen atoms in total. The molecule has 2 aromatic rings. The van der Waals surface area contributed by atoms with Crippen molar-refractivity contribution in [3.63, 3.8) is 0 Å². The third-order valence-corrected chi connectivity index (χ3v) is 4.21. The number of halogens is 2. The van der Waals surface area contributed by atoms with Gasteiger partial charge in [-0.25, -0.2) is 0 Å². The first kappa shape index (κ1) is 19.4. The van der Waals surface area contributed by atoms with Gasteiger partial charge >= 0.3 is 25.8 Å². The van der Waals surface area contributed by atoms with Gasteiger partial charge in [0.1, 0.15) is 0 Å². The molecule has 0 aromatic heterocycles. The normalized spacial score (nSPS) is 13.2. The van der Waals surface area contributed by atoms with Crippen LogP contribution in [-0.2, 0) is 38.7 Å². The molecule has 0 aliphatic heterocycles. The summed E-state index contributed by atoms with van der Waals surface area (Å²) in [6.45, 7) is 0. The molecule has 0 saturated heterocycles. The minimum atomic E-state index is 0. The summed E-state index contributed by atoms with van der Waals surface area (Å²) in [6, 6.07) is 15.6. The van der Waals surface area contributed by atoms with Crippen molar-refractivity contribution in [3.05, 3.63) is 83.0 Å². The number of rotatable bonds is 2. The quantitative estimate of drug-likeness (QED) is 0.389. The van der Waals surface area contributed by atoms with E-state index in [0.717, 1.165) is 19.3 Å². The minimum Gasteiger partial charge on any atom is -1.00 e. The summed E-state index contributed by atoms with van der Waals surface area (Å²) in [6.07, 6.45) is 10.0. The Morgan fingerprint density at radius 1 is 0.864 bits per heavy atom. The van der Waals surface area contributed by atoms with Crippen LogP contribution in [0, 0.1) is 0 Å². The zero-order chi connectivity index (χ0) is 12.7. The van der Waals surface area contributed by atoms with Crippen LogP contribution in [0.25, 0.3) is 11.1 Å². The molecule has 2 aliphatic rings. The number of hydrogen-bond acceptors (Lipinski definition) is 0. The molecule has 0 unspecified atom stereocenters. The average molecular weight is 494 g/mol. The van der Waals surface area contributed by atoms with Gasteiger partial charge in [-0.05, 0) is 47.1 Å². The van der Waals surface area contributed by atoms with Gasteiger partial charge in [0.15, 0.2) is 0 Å². The topological polar surface area (TPSA) is 0 Å². The summed E-state index contributed by atoms with van der Waals surface area (Å²) in [5, 5.41) is 0. The standard InChI is InChI=1S/C19H16.2ClH.Hf/c1-2-7-14(6-1)12-15-9-5-11-18-17-10-4-3-8-16(17)13-19(15)18;;;/h1-6,8-11H,7,12-13H2;2*1H;/q;;;+2/p-2. The van der Waals surface area contributed by atoms with Crippen molar-refractivity contribution >= 4 is 0 Å². The van der Waals surface area contributed by atoms with Gasteiger partial charge in [-0.15, -0.1) is 0 Å². The summed E-state index contributed by atoms with van der Waals surface area (Å²) < 4.78 is 0. The average Bonchev–Trinajstić information content (AvgIpc) is 3.06. The SMILES string of the molecule is C1=CCC(Cc2cccc3c2Cc2ccccc2-3)=C1.[Cl-].[Cl-].[Hf+2]. The monoisotopic (exact) mass is 494 g/mol. The van der Waals surface area contributed by atoms with Crippen LogP contribution in [-0.4, -0.2) is 0 Å². The van der Waals surface area contributed by atoms with E-state index < -0.39 is 0 Å². The fourth-order valence-corrected chi connectivity index (χ4v) is 3.26. The second-order valence-electron chi connectivity index (χ2n) is 5.41. The van der Waals surface area contributed by atoms with E-state index >= 15 is 0 Å². The number of fused-ring (bicyclic) bond motifs is 3. The Morgan fingerprint density at radius 2 is 1.64 bits per heavy atom. The second kappa shape index (κ2) is 8.29. The van der Waals surface area contributed by atoms with Gasteiger partial charge in [-0.1, -0.05) is 66.3 Å². The van der Waals surface area contributed by atoms with Crippen LogP contribution in [0.15, 0.2) is 66.3 Å². The predicted molar refractivity (Wildman–Crippen MR) is 80.2 cm³/mol. The molecule has 0 atom stereocenters. The molecule has 0 saturated carbocycles. The van der Waals surface area contributed by atoms with Gasteiger partial charge in [0, 0.05) is 0 Å². The Morgan fingerprint density at radius 3 is 2.41 bits per heavy atom. The molecule has 0 bridgehead atoms. The third-order valence-electron chi connectivity index (χ3n) is 4.21. The van der Waals surface area contributed by atoms with E-state index in [9.17, 15) is 0 Å². The van der Waals surface area contributed by atoms with Crippen molar-refractivity contribution in [2.24, 2.45) is 0 Å². The van der Waals surface area contributed by atoms with E-state index in [1.54, 1.807) is 0 Å². The van der Waals surface area contributed by atoms with E-state index in [2.05, 4.69) is 60.7 Å². The van der Waals surface area contributed by atoms with Crippen molar-refractivity contribution in [2.45, 2.75) is 19.3 Å². The van der Waals surface area contributed by atoms with Crippen molar-refractivity contribution in [1.29, 1.82) is 0 Å². The van der Waals surface area contributed by atoms with Gasteiger partial charge in [0.25, 0.3) is 0 Å². The molecule has 2 aliphatic carbocycles. The molecule has 4 rings (SSSR count). The van der Waals surface area contributed by atoms with Crippen LogP contribution in [0.5, 0.6) is 0 Å². The van der Waals surface area contributed by atoms with Crippen molar-refractivity contribution in [3.8, 4) is 11.1 Å². The van der Waals surface area contributed by atoms with E-state index in [0.29, 0.717) is 0 Å². The molecule has 110 valence electrons. The van der Waals surface area contributed by atoms with Crippen LogP contribution in [0.1, 0.15) is 23.1 Å². The first-order valence-corrected chi connectivity index (χ1v) is 6.95. The number of hydrogen-bond donors (Lipinski definition) is 0. The van der Waals surface area contributed by atoms with E-state index in [-0.39, 0.29) is 50.7 Å². The fourth-order valence-electron chi connectivity index (χ4n) is 3.26. The summed E-state index contributed by atoms with van der Waals surface area (Å²) in [4.78, 5) is 0. The summed E-state index contributed by atoms with van der Waals surface area (Å²) in [5.74, 6) is 0. The Kier molecular flexibility index (Phi) is 7.31. The molecular weight excluding hydrogens is 478 g/mol. The van der Waals surface area contributed by atoms with Gasteiger partial charge in [-0.2, -0.15) is 0 Å². The zero-order valence-corrected chi connectivity index (χ0v) is 17.3. The van der Waals surface area contributed by atoms with Crippen LogP contribution in [0.4, 0.5) is 0 Å². The van der Waals surface area contributed by atoms with Gasteiger partial charge < -0.3 is 24.8 Å². The minimum absolute atomic E-state index is 0. The maximum atomic E-state index is 2.30. The number of allylic oxidation sites excluding steroid dienone is 4. The van der Waals surface area contributed by atoms with Crippen molar-refractivity contribution in [1.82, 2.24) is 0 Å². The molecule has 0 fully saturated rings. The van der Waals surface area contributed by atoms with E-state index in [1.165, 1.54) is 33.4 Å². The van der Waals surface area contributed by atoms with Crippen molar-refractivity contribution < 1.29 is 50.7 Å². The van der Waals surface area contributed by atoms with Gasteiger partial charge in [-0.3, -0.25) is 0 Å². The first-order chi connectivity index (χ1) is 9.42. The Balaban J connectivity index is 0.000000807. The predicted octanol–water partition coefficient (Wildman–Crippen LogP) is -1.31. The Bertz CT molecular complexity index is 717. The van der Waals surface area contributed by atoms with Crippen LogP contribution in [0.3, 0.4) is 0 Å². The van der Waals surface area contributed by atoms with Crippen molar-refractivity contribution in [2.75, 3.05) is 0 Å². The first-order valence-electron chi connectivity index (χ1n) is 6.95. The molecule has 0 N–H and O–H groups in total. The van der Waals surface area contributed by atoms with Crippen LogP contribution in [0.2, 0.25) is 0 Å². The molecule has 0 spiro atoms. The summed E-state index contributed by atoms with van der Waals surface area (Å²) in [5.41, 5.74) is 8.92. The fraction of sp³-hybridized carbons (Fsp3) is 0.158. The maximum Gasteiger partial charge on any atom is 2.00 e. The van der Waals surface area contributed by atoms with Gasteiger partial charge in [0.2, 0.25) is 0 Å². The number of benzene rings is 2. The molecular formula is C19H16Cl2Hf. The zero-order valence-electron chi connectivity index (χ0n) is 12.2. The largest absolute Gasteiger partial charge is 2.00 e. The Hall–Kier alpha value is -0.630. The summed E-state index contributed by atoms with van der Waals surface area (Å²) in [7, 11) is 0. The van der Waals surface area contributed by atoms with Gasteiger partial charge in [0.05, 0.1) is 0 Å². The Labute approximate surface area is 163 Å². The summed E-state index contributed by atoms with van der Waals surface area (Å²) >= 11 is 0. The maximum absolute atomic E-state index is 2.30. The smallest absolute Gasteiger partial charge is 1.00 e. The van der Waals surface area contributed by atoms with E-state index in [1.807, 2.05) is 0 Å². The molecule has 0 heterocycles. The molecule has 2 aromatic carbocycles. The molecule has 22 heavy (non-hydrogen) atoms. The molecule has 0 radical (unpaired) electrons. The third kappa shape index (κ3) is 3.48.